The number of esters is 1. The molecule has 0 bridgehead atoms. The summed E-state index contributed by atoms with van der Waals surface area (Å²) in [5, 5.41) is 13.5. The number of rotatable bonds is 10. The largest absolute Gasteiger partial charge is 0.462 e. The number of ether oxygens (including phenoxy) is 1. The third-order valence-electron chi connectivity index (χ3n) is 5.09. The first-order chi connectivity index (χ1) is 11.2. The second kappa shape index (κ2) is 9.76. The van der Waals surface area contributed by atoms with Crippen LogP contribution in [0.15, 0.2) is 0 Å². The Bertz CT molecular complexity index is 361. The molecule has 141 valence electrons. The average molecular weight is 341 g/mol. The molecule has 0 unspecified atom stereocenters. The van der Waals surface area contributed by atoms with Gasteiger partial charge in [0.05, 0.1) is 0 Å². The molecule has 1 rings (SSSR count). The Labute approximate surface area is 148 Å². The van der Waals surface area contributed by atoms with E-state index in [2.05, 4.69) is 6.92 Å². The summed E-state index contributed by atoms with van der Waals surface area (Å²) in [6, 6.07) is 0. The molecule has 0 spiro atoms. The maximum atomic E-state index is 12.3. The van der Waals surface area contributed by atoms with Gasteiger partial charge in [-0.2, -0.15) is 0 Å². The van der Waals surface area contributed by atoms with Gasteiger partial charge in [0.15, 0.2) is 0 Å². The van der Waals surface area contributed by atoms with E-state index in [1.807, 2.05) is 27.7 Å². The number of carbonyl (C=O) groups excluding carboxylic acids is 1. The molecule has 0 aromatic carbocycles. The van der Waals surface area contributed by atoms with Gasteiger partial charge in [-0.15, -0.1) is 10.3 Å². The van der Waals surface area contributed by atoms with Crippen LogP contribution in [0.2, 0.25) is 0 Å². The van der Waals surface area contributed by atoms with E-state index in [0.717, 1.165) is 12.8 Å². The van der Waals surface area contributed by atoms with E-state index in [4.69, 9.17) is 4.74 Å². The van der Waals surface area contributed by atoms with Gasteiger partial charge in [-0.25, -0.2) is 0 Å². The highest BCUT2D eigenvalue weighted by atomic mass is 16.5. The van der Waals surface area contributed by atoms with Crippen LogP contribution < -0.4 is 0 Å². The van der Waals surface area contributed by atoms with E-state index in [9.17, 15) is 10.0 Å². The summed E-state index contributed by atoms with van der Waals surface area (Å²) in [6.45, 7) is 9.95. The van der Waals surface area contributed by atoms with Crippen LogP contribution >= 0.6 is 0 Å². The van der Waals surface area contributed by atoms with Crippen molar-refractivity contribution in [2.75, 3.05) is 0 Å². The van der Waals surface area contributed by atoms with Gasteiger partial charge < -0.3 is 4.74 Å². The lowest BCUT2D eigenvalue weighted by Crippen LogP contribution is -2.60. The number of hydrogen-bond donors (Lipinski definition) is 0. The highest BCUT2D eigenvalue weighted by molar-refractivity contribution is 5.69. The zero-order chi connectivity index (χ0) is 18.2. The van der Waals surface area contributed by atoms with Crippen LogP contribution in [0, 0.1) is 0 Å². The van der Waals surface area contributed by atoms with Gasteiger partial charge in [0.25, 0.3) is 0 Å². The second-order valence-electron chi connectivity index (χ2n) is 8.66. The second-order valence-corrected chi connectivity index (χ2v) is 8.66. The van der Waals surface area contributed by atoms with Crippen LogP contribution in [0.25, 0.3) is 0 Å². The molecule has 24 heavy (non-hydrogen) atoms. The minimum Gasteiger partial charge on any atom is -0.462 e. The fourth-order valence-corrected chi connectivity index (χ4v) is 3.90. The van der Waals surface area contributed by atoms with Crippen molar-refractivity contribution in [3.05, 3.63) is 0 Å². The van der Waals surface area contributed by atoms with Gasteiger partial charge >= 0.3 is 5.97 Å². The Kier molecular flexibility index (Phi) is 8.72. The fourth-order valence-electron chi connectivity index (χ4n) is 3.90. The van der Waals surface area contributed by atoms with Gasteiger partial charge in [-0.1, -0.05) is 51.9 Å². The Morgan fingerprint density at radius 1 is 0.917 bits per heavy atom. The van der Waals surface area contributed by atoms with Crippen LogP contribution in [0.1, 0.15) is 105 Å². The van der Waals surface area contributed by atoms with Crippen molar-refractivity contribution in [3.8, 4) is 0 Å². The third-order valence-corrected chi connectivity index (χ3v) is 5.09. The summed E-state index contributed by atoms with van der Waals surface area (Å²) < 4.78 is 5.67. The van der Waals surface area contributed by atoms with Crippen molar-refractivity contribution in [1.29, 1.82) is 0 Å². The zero-order valence-electron chi connectivity index (χ0n) is 16.5. The quantitative estimate of drug-likeness (QED) is 0.394. The number of hydrogen-bond acceptors (Lipinski definition) is 3. The lowest BCUT2D eigenvalue weighted by Gasteiger charge is -2.49. The molecule has 0 aliphatic carbocycles. The van der Waals surface area contributed by atoms with E-state index in [0.29, 0.717) is 19.3 Å². The van der Waals surface area contributed by atoms with Gasteiger partial charge in [0.1, 0.15) is 6.10 Å². The maximum absolute atomic E-state index is 12.3. The van der Waals surface area contributed by atoms with E-state index in [-0.39, 0.29) is 12.1 Å². The summed E-state index contributed by atoms with van der Waals surface area (Å²) in [7, 11) is 0. The predicted molar refractivity (Wildman–Crippen MR) is 97.0 cm³/mol. The van der Waals surface area contributed by atoms with Crippen LogP contribution in [-0.2, 0) is 14.7 Å². The molecule has 4 heteroatoms. The number of carbonyl (C=O) groups is 1. The molecule has 0 saturated carbocycles. The summed E-state index contributed by atoms with van der Waals surface area (Å²) in [5.41, 5.74) is -0.962. The predicted octanol–water partition coefficient (Wildman–Crippen LogP) is 5.43. The topological polar surface area (TPSA) is 49.4 Å². The molecule has 1 radical (unpaired) electrons. The third kappa shape index (κ3) is 7.10. The van der Waals surface area contributed by atoms with Crippen LogP contribution in [0.4, 0.5) is 0 Å². The summed E-state index contributed by atoms with van der Waals surface area (Å²) in [5.74, 6) is -0.100. The van der Waals surface area contributed by atoms with Gasteiger partial charge in [-0.05, 0) is 34.1 Å². The molecule has 1 saturated heterocycles. The molecule has 1 heterocycles. The number of unbranched alkanes of at least 4 members (excludes halogenated alkanes) is 7. The molecule has 0 N–H and O–H groups in total. The Hall–Kier alpha value is -0.610. The molecule has 1 aliphatic heterocycles. The van der Waals surface area contributed by atoms with E-state index in [1.165, 1.54) is 43.6 Å². The van der Waals surface area contributed by atoms with Crippen molar-refractivity contribution >= 4 is 5.97 Å². The lowest BCUT2D eigenvalue weighted by atomic mass is 9.80. The molecule has 0 atom stereocenters. The van der Waals surface area contributed by atoms with E-state index >= 15 is 0 Å². The summed E-state index contributed by atoms with van der Waals surface area (Å²) in [4.78, 5) is 12.1. The highest BCUT2D eigenvalue weighted by Crippen LogP contribution is 2.38. The Morgan fingerprint density at radius 3 is 1.88 bits per heavy atom. The van der Waals surface area contributed by atoms with Crippen molar-refractivity contribution in [1.82, 2.24) is 5.06 Å². The van der Waals surface area contributed by atoms with Crippen LogP contribution in [0.3, 0.4) is 0 Å². The molecule has 1 aliphatic rings. The smallest absolute Gasteiger partial charge is 0.306 e. The molecular weight excluding hydrogens is 302 g/mol. The minimum absolute atomic E-state index is 0.100. The van der Waals surface area contributed by atoms with E-state index < -0.39 is 11.1 Å². The monoisotopic (exact) mass is 340 g/mol. The first kappa shape index (κ1) is 21.4. The Morgan fingerprint density at radius 2 is 1.38 bits per heavy atom. The van der Waals surface area contributed by atoms with Crippen molar-refractivity contribution in [3.63, 3.8) is 0 Å². The molecule has 0 aromatic rings. The average Bonchev–Trinajstić information content (AvgIpc) is 2.47. The highest BCUT2D eigenvalue weighted by Gasteiger charge is 2.47. The molecule has 0 aromatic heterocycles. The first-order valence-corrected chi connectivity index (χ1v) is 9.86. The standard InChI is InChI=1S/C20H38NO3/c1-6-7-8-9-10-11-12-13-14-18(22)24-17-15-19(2,3)21(23)20(4,5)16-17/h17H,6-16H2,1-5H3. The normalized spacial score (nSPS) is 20.9. The zero-order valence-corrected chi connectivity index (χ0v) is 16.5. The van der Waals surface area contributed by atoms with Crippen molar-refractivity contribution < 1.29 is 14.7 Å². The van der Waals surface area contributed by atoms with Gasteiger partial charge in [0, 0.05) is 30.3 Å². The first-order valence-electron chi connectivity index (χ1n) is 9.86. The molecule has 4 nitrogen and oxygen atoms in total. The van der Waals surface area contributed by atoms with Crippen molar-refractivity contribution in [2.24, 2.45) is 0 Å². The SMILES string of the molecule is CCCCCCCCCCC(=O)OC1CC(C)(C)N([O])C(C)(C)C1. The Balaban J connectivity index is 2.21. The number of nitrogens with zero attached hydrogens (tertiary/aromatic N) is 1. The van der Waals surface area contributed by atoms with Crippen molar-refractivity contribution in [2.45, 2.75) is 122 Å². The lowest BCUT2D eigenvalue weighted by molar-refractivity contribution is -0.299. The van der Waals surface area contributed by atoms with Gasteiger partial charge in [0.2, 0.25) is 0 Å². The van der Waals surface area contributed by atoms with Gasteiger partial charge in [-0.3, -0.25) is 4.79 Å². The minimum atomic E-state index is -0.481. The number of piperidine rings is 1. The maximum Gasteiger partial charge on any atom is 0.306 e. The number of hydroxylamine groups is 2. The molecule has 1 fully saturated rings. The fraction of sp³-hybridized carbons (Fsp3) is 0.950. The van der Waals surface area contributed by atoms with E-state index in [1.54, 1.807) is 0 Å². The van der Waals surface area contributed by atoms with Crippen LogP contribution in [-0.4, -0.2) is 28.2 Å². The summed E-state index contributed by atoms with van der Waals surface area (Å²) in [6.07, 6.45) is 11.4. The van der Waals surface area contributed by atoms with Crippen LogP contribution in [0.5, 0.6) is 0 Å². The molecule has 0 amide bonds. The summed E-state index contributed by atoms with van der Waals surface area (Å²) >= 11 is 0. The molecular formula is C20H38NO3.